The largest absolute Gasteiger partial charge is 0.573 e. The number of ether oxygens (including phenoxy) is 1. The van der Waals surface area contributed by atoms with Crippen LogP contribution < -0.4 is 10.5 Å². The maximum Gasteiger partial charge on any atom is 0.573 e. The number of hydrogen-bond acceptors (Lipinski definition) is 3. The Labute approximate surface area is 103 Å². The van der Waals surface area contributed by atoms with Gasteiger partial charge in [-0.1, -0.05) is 12.1 Å². The van der Waals surface area contributed by atoms with Crippen molar-refractivity contribution in [2.75, 3.05) is 6.61 Å². The molecule has 0 aliphatic heterocycles. The predicted molar refractivity (Wildman–Crippen MR) is 59.0 cm³/mol. The van der Waals surface area contributed by atoms with Crippen LogP contribution in [-0.2, 0) is 0 Å². The third kappa shape index (κ3) is 5.76. The Hall–Kier alpha value is -0.980. The van der Waals surface area contributed by atoms with E-state index in [9.17, 15) is 13.2 Å². The van der Waals surface area contributed by atoms with E-state index in [0.717, 1.165) is 0 Å². The van der Waals surface area contributed by atoms with Crippen molar-refractivity contribution in [3.63, 3.8) is 0 Å². The van der Waals surface area contributed by atoms with Gasteiger partial charge < -0.3 is 15.6 Å². The first kappa shape index (κ1) is 16.0. The zero-order chi connectivity index (χ0) is 12.2. The standard InChI is InChI=1S/C10H12F3NO2.ClH/c11-10(12,13)16-8-3-1-7(2-4-8)9(14)5-6-15;/h1-4,9,15H,5-6,14H2;1H/t9-;/m0./s1. The minimum absolute atomic E-state index is 0. The van der Waals surface area contributed by atoms with Gasteiger partial charge in [0.25, 0.3) is 0 Å². The molecular formula is C10H13ClF3NO2. The molecule has 1 atom stereocenters. The molecule has 0 bridgehead atoms. The average molecular weight is 272 g/mol. The molecule has 1 aromatic carbocycles. The first-order valence-corrected chi connectivity index (χ1v) is 4.64. The predicted octanol–water partition coefficient (Wildman–Crippen LogP) is 2.39. The Morgan fingerprint density at radius 1 is 1.24 bits per heavy atom. The van der Waals surface area contributed by atoms with Crippen molar-refractivity contribution in [2.24, 2.45) is 5.73 Å². The molecule has 0 heterocycles. The Balaban J connectivity index is 0.00000256. The first-order chi connectivity index (χ1) is 7.42. The molecule has 7 heteroatoms. The minimum atomic E-state index is -4.69. The van der Waals surface area contributed by atoms with Gasteiger partial charge in [0, 0.05) is 12.6 Å². The fraction of sp³-hybridized carbons (Fsp3) is 0.400. The summed E-state index contributed by atoms with van der Waals surface area (Å²) in [5.41, 5.74) is 6.32. The molecule has 0 aliphatic carbocycles. The summed E-state index contributed by atoms with van der Waals surface area (Å²) in [6.45, 7) is -0.0675. The van der Waals surface area contributed by atoms with Crippen LogP contribution in [0.1, 0.15) is 18.0 Å². The summed E-state index contributed by atoms with van der Waals surface area (Å²) in [5, 5.41) is 8.65. The molecule has 0 amide bonds. The second-order valence-electron chi connectivity index (χ2n) is 3.24. The van der Waals surface area contributed by atoms with Crippen LogP contribution in [0.15, 0.2) is 24.3 Å². The number of alkyl halides is 3. The number of benzene rings is 1. The molecule has 3 N–H and O–H groups in total. The van der Waals surface area contributed by atoms with E-state index in [1.54, 1.807) is 0 Å². The Kier molecular flexibility index (Phi) is 6.30. The number of rotatable bonds is 4. The molecule has 98 valence electrons. The van der Waals surface area contributed by atoms with Gasteiger partial charge in [-0.2, -0.15) is 0 Å². The van der Waals surface area contributed by atoms with Gasteiger partial charge in [-0.3, -0.25) is 0 Å². The fourth-order valence-corrected chi connectivity index (χ4v) is 1.22. The maximum atomic E-state index is 11.8. The van der Waals surface area contributed by atoms with E-state index < -0.39 is 6.36 Å². The fourth-order valence-electron chi connectivity index (χ4n) is 1.22. The lowest BCUT2D eigenvalue weighted by Crippen LogP contribution is -2.17. The van der Waals surface area contributed by atoms with Crippen LogP contribution in [0.4, 0.5) is 13.2 Å². The minimum Gasteiger partial charge on any atom is -0.406 e. The van der Waals surface area contributed by atoms with Crippen LogP contribution in [0.2, 0.25) is 0 Å². The molecule has 3 nitrogen and oxygen atoms in total. The second kappa shape index (κ2) is 6.68. The molecule has 0 aliphatic rings. The van der Waals surface area contributed by atoms with Crippen molar-refractivity contribution in [1.82, 2.24) is 0 Å². The highest BCUT2D eigenvalue weighted by molar-refractivity contribution is 5.85. The van der Waals surface area contributed by atoms with Crippen LogP contribution in [0.5, 0.6) is 5.75 Å². The summed E-state index contributed by atoms with van der Waals surface area (Å²) in [6.07, 6.45) is -4.33. The van der Waals surface area contributed by atoms with Gasteiger partial charge in [0.05, 0.1) is 0 Å². The summed E-state index contributed by atoms with van der Waals surface area (Å²) in [4.78, 5) is 0. The number of halogens is 4. The molecule has 0 saturated heterocycles. The Morgan fingerprint density at radius 3 is 2.18 bits per heavy atom. The van der Waals surface area contributed by atoms with Crippen LogP contribution in [0.3, 0.4) is 0 Å². The van der Waals surface area contributed by atoms with Gasteiger partial charge in [0.15, 0.2) is 0 Å². The van der Waals surface area contributed by atoms with Crippen molar-refractivity contribution in [3.8, 4) is 5.75 Å². The van der Waals surface area contributed by atoms with E-state index >= 15 is 0 Å². The van der Waals surface area contributed by atoms with Crippen molar-refractivity contribution in [1.29, 1.82) is 0 Å². The highest BCUT2D eigenvalue weighted by Gasteiger charge is 2.30. The van der Waals surface area contributed by atoms with Gasteiger partial charge in [-0.25, -0.2) is 0 Å². The van der Waals surface area contributed by atoms with Crippen molar-refractivity contribution in [3.05, 3.63) is 29.8 Å². The van der Waals surface area contributed by atoms with E-state index in [1.807, 2.05) is 0 Å². The zero-order valence-electron chi connectivity index (χ0n) is 8.78. The van der Waals surface area contributed by atoms with Gasteiger partial charge in [-0.05, 0) is 24.1 Å². The summed E-state index contributed by atoms with van der Waals surface area (Å²) < 4.78 is 39.2. The molecule has 0 unspecified atom stereocenters. The highest BCUT2D eigenvalue weighted by Crippen LogP contribution is 2.24. The molecule has 0 fully saturated rings. The molecule has 1 aromatic rings. The average Bonchev–Trinajstić information content (AvgIpc) is 2.16. The van der Waals surface area contributed by atoms with E-state index in [1.165, 1.54) is 24.3 Å². The lowest BCUT2D eigenvalue weighted by Gasteiger charge is -2.12. The van der Waals surface area contributed by atoms with Gasteiger partial charge in [0.1, 0.15) is 5.75 Å². The first-order valence-electron chi connectivity index (χ1n) is 4.64. The third-order valence-corrected chi connectivity index (χ3v) is 1.98. The highest BCUT2D eigenvalue weighted by atomic mass is 35.5. The van der Waals surface area contributed by atoms with Crippen molar-refractivity contribution in [2.45, 2.75) is 18.8 Å². The van der Waals surface area contributed by atoms with Crippen molar-refractivity contribution >= 4 is 12.4 Å². The summed E-state index contributed by atoms with van der Waals surface area (Å²) in [5.74, 6) is -0.285. The molecule has 0 saturated carbocycles. The third-order valence-electron chi connectivity index (χ3n) is 1.98. The molecule has 0 aromatic heterocycles. The van der Waals surface area contributed by atoms with Crippen LogP contribution in [0, 0.1) is 0 Å². The normalized spacial score (nSPS) is 12.8. The summed E-state index contributed by atoms with van der Waals surface area (Å²) in [6, 6.07) is 4.90. The number of aliphatic hydroxyl groups is 1. The van der Waals surface area contributed by atoms with Gasteiger partial charge in [-0.15, -0.1) is 25.6 Å². The summed E-state index contributed by atoms with van der Waals surface area (Å²) >= 11 is 0. The number of aliphatic hydroxyl groups excluding tert-OH is 1. The van der Waals surface area contributed by atoms with Crippen LogP contribution in [0.25, 0.3) is 0 Å². The van der Waals surface area contributed by atoms with Gasteiger partial charge in [0.2, 0.25) is 0 Å². The van der Waals surface area contributed by atoms with Crippen LogP contribution >= 0.6 is 12.4 Å². The maximum absolute atomic E-state index is 11.8. The van der Waals surface area contributed by atoms with Crippen molar-refractivity contribution < 1.29 is 23.0 Å². The molecule has 0 radical (unpaired) electrons. The monoisotopic (exact) mass is 271 g/mol. The van der Waals surface area contributed by atoms with E-state index in [0.29, 0.717) is 12.0 Å². The Morgan fingerprint density at radius 2 is 1.76 bits per heavy atom. The zero-order valence-corrected chi connectivity index (χ0v) is 9.59. The van der Waals surface area contributed by atoms with E-state index in [4.69, 9.17) is 10.8 Å². The molecular weight excluding hydrogens is 259 g/mol. The molecule has 0 spiro atoms. The van der Waals surface area contributed by atoms with Gasteiger partial charge >= 0.3 is 6.36 Å². The Bertz CT molecular complexity index is 329. The van der Waals surface area contributed by atoms with E-state index in [2.05, 4.69) is 4.74 Å². The quantitative estimate of drug-likeness (QED) is 0.884. The lowest BCUT2D eigenvalue weighted by atomic mass is 10.1. The van der Waals surface area contributed by atoms with Crippen LogP contribution in [-0.4, -0.2) is 18.1 Å². The second-order valence-corrected chi connectivity index (χ2v) is 3.24. The SMILES string of the molecule is Cl.N[C@@H](CCO)c1ccc(OC(F)(F)F)cc1. The summed E-state index contributed by atoms with van der Waals surface area (Å²) in [7, 11) is 0. The smallest absolute Gasteiger partial charge is 0.406 e. The number of hydrogen-bond donors (Lipinski definition) is 2. The topological polar surface area (TPSA) is 55.5 Å². The van der Waals surface area contributed by atoms with E-state index in [-0.39, 0.29) is 30.8 Å². The number of nitrogens with two attached hydrogens (primary N) is 1. The molecule has 17 heavy (non-hydrogen) atoms. The molecule has 1 rings (SSSR count). The lowest BCUT2D eigenvalue weighted by molar-refractivity contribution is -0.274.